The van der Waals surface area contributed by atoms with Gasteiger partial charge < -0.3 is 40.3 Å². The number of aliphatic hydroxyl groups is 5. The third kappa shape index (κ3) is 36.0. The molecule has 0 radical (unpaired) electrons. The zero-order valence-electron chi connectivity index (χ0n) is 41.6. The first-order chi connectivity index (χ1) is 32.8. The first kappa shape index (κ1) is 61.3. The van der Waals surface area contributed by atoms with E-state index in [1.807, 2.05) is 6.08 Å². The molecule has 1 saturated heterocycles. The quantitative estimate of drug-likeness (QED) is 0.0262. The van der Waals surface area contributed by atoms with Gasteiger partial charge in [-0.05, 0) is 96.3 Å². The molecule has 0 bridgehead atoms. The van der Waals surface area contributed by atoms with Crippen LogP contribution in [0.5, 0.6) is 0 Å². The van der Waals surface area contributed by atoms with Crippen LogP contribution in [-0.2, 0) is 14.3 Å². The minimum atomic E-state index is -1.58. The average molecular weight is 932 g/mol. The molecule has 0 saturated carbocycles. The van der Waals surface area contributed by atoms with Gasteiger partial charge in [0.15, 0.2) is 6.29 Å². The Morgan fingerprint density at radius 2 is 0.925 bits per heavy atom. The Hall–Kier alpha value is -3.67. The van der Waals surface area contributed by atoms with Crippen molar-refractivity contribution in [2.75, 3.05) is 13.2 Å². The van der Waals surface area contributed by atoms with Crippen molar-refractivity contribution in [3.05, 3.63) is 134 Å². The summed E-state index contributed by atoms with van der Waals surface area (Å²) in [6, 6.07) is -0.826. The number of hydrogen-bond acceptors (Lipinski definition) is 8. The van der Waals surface area contributed by atoms with E-state index in [4.69, 9.17) is 9.47 Å². The molecule has 67 heavy (non-hydrogen) atoms. The van der Waals surface area contributed by atoms with Crippen LogP contribution in [-0.4, -0.2) is 87.5 Å². The number of hydrogen-bond donors (Lipinski definition) is 6. The fourth-order valence-electron chi connectivity index (χ4n) is 7.12. The summed E-state index contributed by atoms with van der Waals surface area (Å²) in [4.78, 5) is 12.9. The number of ether oxygens (including phenoxy) is 2. The number of allylic oxidation sites excluding steroid dienone is 21. The van der Waals surface area contributed by atoms with Crippen molar-refractivity contribution < 1.29 is 39.8 Å². The van der Waals surface area contributed by atoms with Crippen LogP contribution in [0.2, 0.25) is 0 Å². The van der Waals surface area contributed by atoms with Crippen LogP contribution in [0.4, 0.5) is 0 Å². The van der Waals surface area contributed by atoms with E-state index in [9.17, 15) is 30.3 Å². The molecule has 0 aromatic heterocycles. The Morgan fingerprint density at radius 1 is 0.522 bits per heavy atom. The largest absolute Gasteiger partial charge is 0.394 e. The molecule has 1 heterocycles. The van der Waals surface area contributed by atoms with Crippen molar-refractivity contribution in [1.29, 1.82) is 0 Å². The molecule has 7 atom stereocenters. The summed E-state index contributed by atoms with van der Waals surface area (Å²) in [5.41, 5.74) is 0. The van der Waals surface area contributed by atoms with Crippen molar-refractivity contribution in [3.63, 3.8) is 0 Å². The molecule has 6 N–H and O–H groups in total. The molecule has 0 aliphatic carbocycles. The molecule has 0 aromatic carbocycles. The Balaban J connectivity index is 2.21. The van der Waals surface area contributed by atoms with Crippen molar-refractivity contribution in [1.82, 2.24) is 5.32 Å². The molecule has 7 unspecified atom stereocenters. The maximum Gasteiger partial charge on any atom is 0.220 e. The van der Waals surface area contributed by atoms with Crippen LogP contribution in [0.3, 0.4) is 0 Å². The highest BCUT2D eigenvalue weighted by atomic mass is 16.7. The predicted octanol–water partition coefficient (Wildman–Crippen LogP) is 12.2. The summed E-state index contributed by atoms with van der Waals surface area (Å²) in [5.74, 6) is -0.211. The summed E-state index contributed by atoms with van der Waals surface area (Å²) < 4.78 is 11.2. The molecule has 1 rings (SSSR count). The van der Waals surface area contributed by atoms with E-state index in [-0.39, 0.29) is 12.5 Å². The standard InChI is InChI=1S/C58H93NO8/c1-3-5-7-9-11-13-14-15-16-17-18-19-20-21-22-23-24-25-26-27-28-29-30-31-32-33-34-35-36-37-38-40-42-44-46-48-54(62)59-51(52(61)47-45-43-41-39-12-10-8-6-4-2)50-66-58-57(65)56(64)55(63)53(49-60)67-58/h5,7,11,13,15-16,18-19,21-22,24-25,27-28,30-31,33-34,36-37,45,47,51-53,55-58,60-61,63-65H,3-4,6,8-10,12,14,17,20,23,26,29,32,35,38-44,46,48-50H2,1-2H3,(H,59,62)/b7-5-,13-11-,16-15-,19-18-,22-21-,25-24-,28-27-,31-30-,34-33-,37-36-,47-45+. The molecular formula is C58H93NO8. The Morgan fingerprint density at radius 3 is 1.37 bits per heavy atom. The van der Waals surface area contributed by atoms with E-state index in [1.54, 1.807) is 6.08 Å². The number of carbonyl (C=O) groups excluding carboxylic acids is 1. The molecular weight excluding hydrogens is 839 g/mol. The number of rotatable bonds is 41. The normalized spacial score (nSPS) is 20.9. The molecule has 378 valence electrons. The lowest BCUT2D eigenvalue weighted by atomic mass is 9.99. The highest BCUT2D eigenvalue weighted by molar-refractivity contribution is 5.76. The monoisotopic (exact) mass is 932 g/mol. The van der Waals surface area contributed by atoms with E-state index in [1.165, 1.54) is 32.1 Å². The van der Waals surface area contributed by atoms with Gasteiger partial charge in [0.05, 0.1) is 25.4 Å². The Bertz CT molecular complexity index is 1500. The van der Waals surface area contributed by atoms with Crippen LogP contribution in [0.25, 0.3) is 0 Å². The number of amides is 1. The van der Waals surface area contributed by atoms with Crippen molar-refractivity contribution in [3.8, 4) is 0 Å². The number of carbonyl (C=O) groups is 1. The maximum absolute atomic E-state index is 12.9. The van der Waals surface area contributed by atoms with E-state index >= 15 is 0 Å². The average Bonchev–Trinajstić information content (AvgIpc) is 3.33. The van der Waals surface area contributed by atoms with E-state index in [0.29, 0.717) is 6.42 Å². The lowest BCUT2D eigenvalue weighted by molar-refractivity contribution is -0.302. The highest BCUT2D eigenvalue weighted by Crippen LogP contribution is 2.22. The maximum atomic E-state index is 12.9. The number of aliphatic hydroxyl groups excluding tert-OH is 5. The zero-order chi connectivity index (χ0) is 48.7. The van der Waals surface area contributed by atoms with Crippen LogP contribution >= 0.6 is 0 Å². The van der Waals surface area contributed by atoms with Gasteiger partial charge in [0.1, 0.15) is 24.4 Å². The molecule has 1 aliphatic rings. The molecule has 0 spiro atoms. The minimum Gasteiger partial charge on any atom is -0.394 e. The number of unbranched alkanes of at least 4 members (excludes halogenated alkanes) is 11. The second-order valence-corrected chi connectivity index (χ2v) is 17.2. The molecule has 0 aromatic rings. The highest BCUT2D eigenvalue weighted by Gasteiger charge is 2.44. The van der Waals surface area contributed by atoms with Gasteiger partial charge in [0.25, 0.3) is 0 Å². The van der Waals surface area contributed by atoms with Crippen LogP contribution in [0.15, 0.2) is 134 Å². The molecule has 1 aliphatic heterocycles. The smallest absolute Gasteiger partial charge is 0.220 e. The second-order valence-electron chi connectivity index (χ2n) is 17.2. The summed E-state index contributed by atoms with van der Waals surface area (Å²) in [7, 11) is 0. The van der Waals surface area contributed by atoms with Crippen LogP contribution < -0.4 is 5.32 Å². The van der Waals surface area contributed by atoms with Gasteiger partial charge in [-0.3, -0.25) is 4.79 Å². The third-order valence-corrected chi connectivity index (χ3v) is 11.2. The van der Waals surface area contributed by atoms with Crippen molar-refractivity contribution in [2.24, 2.45) is 0 Å². The van der Waals surface area contributed by atoms with Gasteiger partial charge in [-0.1, -0.05) is 199 Å². The van der Waals surface area contributed by atoms with E-state index < -0.39 is 49.5 Å². The Kier molecular flexibility index (Phi) is 42.2. The molecule has 9 heteroatoms. The molecule has 1 amide bonds. The molecule has 1 fully saturated rings. The van der Waals surface area contributed by atoms with Crippen LogP contribution in [0, 0.1) is 0 Å². The zero-order valence-corrected chi connectivity index (χ0v) is 41.6. The van der Waals surface area contributed by atoms with E-state index in [0.717, 1.165) is 116 Å². The first-order valence-electron chi connectivity index (χ1n) is 25.9. The Labute approximate surface area is 407 Å². The first-order valence-corrected chi connectivity index (χ1v) is 25.9. The minimum absolute atomic E-state index is 0.208. The molecule has 9 nitrogen and oxygen atoms in total. The lowest BCUT2D eigenvalue weighted by Gasteiger charge is -2.40. The second kappa shape index (κ2) is 46.1. The summed E-state index contributed by atoms with van der Waals surface area (Å²) >= 11 is 0. The van der Waals surface area contributed by atoms with Gasteiger partial charge in [0.2, 0.25) is 5.91 Å². The van der Waals surface area contributed by atoms with Gasteiger partial charge >= 0.3 is 0 Å². The van der Waals surface area contributed by atoms with Crippen molar-refractivity contribution in [2.45, 2.75) is 211 Å². The summed E-state index contributed by atoms with van der Waals surface area (Å²) in [5, 5.41) is 54.1. The summed E-state index contributed by atoms with van der Waals surface area (Å²) in [6.07, 6.45) is 63.8. The summed E-state index contributed by atoms with van der Waals surface area (Å²) in [6.45, 7) is 3.58. The number of nitrogens with one attached hydrogen (secondary N) is 1. The fourth-order valence-corrected chi connectivity index (χ4v) is 7.12. The van der Waals surface area contributed by atoms with Gasteiger partial charge in [0, 0.05) is 6.42 Å². The SMILES string of the molecule is CC/C=C\C/C=C\C/C=C\C/C=C\C/C=C\C/C=C\C/C=C\C/C=C\C/C=C\C/C=C\CCCCCCC(=O)NC(COC1OC(CO)C(O)C(O)C1O)C(O)/C=C/CCCCCCCCC. The lowest BCUT2D eigenvalue weighted by Crippen LogP contribution is -2.60. The van der Waals surface area contributed by atoms with E-state index in [2.05, 4.69) is 141 Å². The van der Waals surface area contributed by atoms with Gasteiger partial charge in [-0.25, -0.2) is 0 Å². The topological polar surface area (TPSA) is 149 Å². The van der Waals surface area contributed by atoms with Gasteiger partial charge in [-0.2, -0.15) is 0 Å². The fraction of sp³-hybridized carbons (Fsp3) is 0.603. The van der Waals surface area contributed by atoms with Gasteiger partial charge in [-0.15, -0.1) is 0 Å². The van der Waals surface area contributed by atoms with Crippen LogP contribution in [0.1, 0.15) is 168 Å². The van der Waals surface area contributed by atoms with Crippen molar-refractivity contribution >= 4 is 5.91 Å². The third-order valence-electron chi connectivity index (χ3n) is 11.2. The predicted molar refractivity (Wildman–Crippen MR) is 280 cm³/mol.